The van der Waals surface area contributed by atoms with E-state index < -0.39 is 0 Å². The standard InChI is InChI=1S/C11H21NO3/c1-13-11(4-6-15-9-11)8-12-10-3-2-5-14-7-10/h10,12H,2-9H2,1H3. The van der Waals surface area contributed by atoms with Crippen molar-refractivity contribution in [2.24, 2.45) is 0 Å². The quantitative estimate of drug-likeness (QED) is 0.744. The second-order valence-electron chi connectivity index (χ2n) is 4.48. The van der Waals surface area contributed by atoms with Crippen LogP contribution in [0.1, 0.15) is 19.3 Å². The van der Waals surface area contributed by atoms with E-state index in [1.54, 1.807) is 7.11 Å². The maximum absolute atomic E-state index is 5.56. The molecule has 2 aliphatic heterocycles. The Labute approximate surface area is 91.3 Å². The van der Waals surface area contributed by atoms with Crippen molar-refractivity contribution in [1.82, 2.24) is 5.32 Å². The molecule has 1 N–H and O–H groups in total. The van der Waals surface area contributed by atoms with Crippen molar-refractivity contribution < 1.29 is 14.2 Å². The van der Waals surface area contributed by atoms with Crippen molar-refractivity contribution in [2.75, 3.05) is 40.1 Å². The molecule has 2 atom stereocenters. The molecular formula is C11H21NO3. The topological polar surface area (TPSA) is 39.7 Å². The average molecular weight is 215 g/mol. The van der Waals surface area contributed by atoms with Gasteiger partial charge >= 0.3 is 0 Å². The average Bonchev–Trinajstić information content (AvgIpc) is 2.77. The molecule has 2 saturated heterocycles. The molecule has 2 rings (SSSR count). The molecule has 0 aromatic carbocycles. The summed E-state index contributed by atoms with van der Waals surface area (Å²) in [4.78, 5) is 0. The first-order valence-electron chi connectivity index (χ1n) is 5.79. The van der Waals surface area contributed by atoms with E-state index in [0.717, 1.165) is 39.2 Å². The summed E-state index contributed by atoms with van der Waals surface area (Å²) in [7, 11) is 1.77. The summed E-state index contributed by atoms with van der Waals surface area (Å²) in [6.07, 6.45) is 3.36. The summed E-state index contributed by atoms with van der Waals surface area (Å²) >= 11 is 0. The Bertz CT molecular complexity index is 186. The van der Waals surface area contributed by atoms with E-state index in [9.17, 15) is 0 Å². The third kappa shape index (κ3) is 2.91. The van der Waals surface area contributed by atoms with Crippen LogP contribution in [0.3, 0.4) is 0 Å². The Morgan fingerprint density at radius 1 is 1.40 bits per heavy atom. The second kappa shape index (κ2) is 5.25. The van der Waals surface area contributed by atoms with Gasteiger partial charge in [0.2, 0.25) is 0 Å². The van der Waals surface area contributed by atoms with Gasteiger partial charge in [-0.3, -0.25) is 0 Å². The zero-order valence-electron chi connectivity index (χ0n) is 9.46. The summed E-state index contributed by atoms with van der Waals surface area (Å²) in [5, 5.41) is 3.53. The van der Waals surface area contributed by atoms with Gasteiger partial charge in [0.15, 0.2) is 0 Å². The summed E-state index contributed by atoms with van der Waals surface area (Å²) < 4.78 is 16.4. The van der Waals surface area contributed by atoms with Gasteiger partial charge in [-0.1, -0.05) is 0 Å². The molecule has 2 heterocycles. The molecule has 0 aromatic rings. The van der Waals surface area contributed by atoms with E-state index in [4.69, 9.17) is 14.2 Å². The molecule has 0 saturated carbocycles. The smallest absolute Gasteiger partial charge is 0.106 e. The summed E-state index contributed by atoms with van der Waals surface area (Å²) in [5.41, 5.74) is -0.0998. The van der Waals surface area contributed by atoms with Crippen molar-refractivity contribution in [3.05, 3.63) is 0 Å². The molecule has 0 bridgehead atoms. The Hall–Kier alpha value is -0.160. The lowest BCUT2D eigenvalue weighted by molar-refractivity contribution is -0.0226. The van der Waals surface area contributed by atoms with Gasteiger partial charge in [-0.05, 0) is 12.8 Å². The van der Waals surface area contributed by atoms with E-state index in [1.165, 1.54) is 6.42 Å². The van der Waals surface area contributed by atoms with Crippen LogP contribution in [-0.2, 0) is 14.2 Å². The third-order valence-electron chi connectivity index (χ3n) is 3.37. The van der Waals surface area contributed by atoms with Gasteiger partial charge < -0.3 is 19.5 Å². The molecule has 2 fully saturated rings. The Morgan fingerprint density at radius 2 is 2.33 bits per heavy atom. The van der Waals surface area contributed by atoms with Crippen LogP contribution in [0.25, 0.3) is 0 Å². The lowest BCUT2D eigenvalue weighted by atomic mass is 10.0. The lowest BCUT2D eigenvalue weighted by Gasteiger charge is -2.30. The first-order valence-corrected chi connectivity index (χ1v) is 5.79. The number of ether oxygens (including phenoxy) is 3. The Morgan fingerprint density at radius 3 is 2.93 bits per heavy atom. The molecule has 2 unspecified atom stereocenters. The zero-order chi connectivity index (χ0) is 10.6. The molecule has 0 aromatic heterocycles. The van der Waals surface area contributed by atoms with Crippen molar-refractivity contribution in [3.8, 4) is 0 Å². The minimum absolute atomic E-state index is 0.0998. The van der Waals surface area contributed by atoms with Crippen molar-refractivity contribution >= 4 is 0 Å². The Balaban J connectivity index is 1.75. The van der Waals surface area contributed by atoms with Gasteiger partial charge in [0.1, 0.15) is 5.60 Å². The van der Waals surface area contributed by atoms with Crippen LogP contribution >= 0.6 is 0 Å². The van der Waals surface area contributed by atoms with E-state index in [1.807, 2.05) is 0 Å². The normalized spacial score (nSPS) is 37.0. The molecule has 0 aliphatic carbocycles. The fourth-order valence-electron chi connectivity index (χ4n) is 2.19. The van der Waals surface area contributed by atoms with Crippen LogP contribution in [0.2, 0.25) is 0 Å². The van der Waals surface area contributed by atoms with Crippen LogP contribution in [-0.4, -0.2) is 51.7 Å². The largest absolute Gasteiger partial charge is 0.380 e. The predicted molar refractivity (Wildman–Crippen MR) is 57.0 cm³/mol. The minimum atomic E-state index is -0.0998. The number of hydrogen-bond acceptors (Lipinski definition) is 4. The number of methoxy groups -OCH3 is 1. The molecule has 4 heteroatoms. The van der Waals surface area contributed by atoms with Crippen molar-refractivity contribution in [1.29, 1.82) is 0 Å². The molecule has 4 nitrogen and oxygen atoms in total. The fourth-order valence-corrected chi connectivity index (χ4v) is 2.19. The summed E-state index contributed by atoms with van der Waals surface area (Å²) in [6, 6.07) is 0.492. The summed E-state index contributed by atoms with van der Waals surface area (Å²) in [5.74, 6) is 0. The van der Waals surface area contributed by atoms with E-state index in [0.29, 0.717) is 12.6 Å². The van der Waals surface area contributed by atoms with Crippen molar-refractivity contribution in [3.63, 3.8) is 0 Å². The maximum Gasteiger partial charge on any atom is 0.106 e. The Kier molecular flexibility index (Phi) is 3.97. The minimum Gasteiger partial charge on any atom is -0.380 e. The predicted octanol–water partition coefficient (Wildman–Crippen LogP) is 0.560. The molecule has 2 aliphatic rings. The highest BCUT2D eigenvalue weighted by molar-refractivity contribution is 4.88. The SMILES string of the molecule is COC1(CNC2CCCOC2)CCOC1. The van der Waals surface area contributed by atoms with E-state index in [-0.39, 0.29) is 5.60 Å². The van der Waals surface area contributed by atoms with Crippen LogP contribution < -0.4 is 5.32 Å². The zero-order valence-corrected chi connectivity index (χ0v) is 9.46. The molecule has 0 spiro atoms. The number of nitrogens with one attached hydrogen (secondary N) is 1. The maximum atomic E-state index is 5.56. The van der Waals surface area contributed by atoms with Gasteiger partial charge in [-0.2, -0.15) is 0 Å². The van der Waals surface area contributed by atoms with Gasteiger partial charge in [-0.15, -0.1) is 0 Å². The van der Waals surface area contributed by atoms with Gasteiger partial charge in [-0.25, -0.2) is 0 Å². The van der Waals surface area contributed by atoms with Gasteiger partial charge in [0.05, 0.1) is 13.2 Å². The molecule has 0 radical (unpaired) electrons. The van der Waals surface area contributed by atoms with E-state index in [2.05, 4.69) is 5.32 Å². The highest BCUT2D eigenvalue weighted by Gasteiger charge is 2.35. The van der Waals surface area contributed by atoms with Crippen LogP contribution in [0.4, 0.5) is 0 Å². The lowest BCUT2D eigenvalue weighted by Crippen LogP contribution is -2.48. The molecule has 0 amide bonds. The third-order valence-corrected chi connectivity index (χ3v) is 3.37. The van der Waals surface area contributed by atoms with Crippen LogP contribution in [0.5, 0.6) is 0 Å². The molecule has 15 heavy (non-hydrogen) atoms. The van der Waals surface area contributed by atoms with E-state index >= 15 is 0 Å². The first kappa shape index (κ1) is 11.3. The highest BCUT2D eigenvalue weighted by atomic mass is 16.5. The monoisotopic (exact) mass is 215 g/mol. The van der Waals surface area contributed by atoms with Gasteiger partial charge in [0, 0.05) is 39.3 Å². The highest BCUT2D eigenvalue weighted by Crippen LogP contribution is 2.22. The van der Waals surface area contributed by atoms with Gasteiger partial charge in [0.25, 0.3) is 0 Å². The number of rotatable bonds is 4. The number of hydrogen-bond donors (Lipinski definition) is 1. The van der Waals surface area contributed by atoms with Crippen LogP contribution in [0, 0.1) is 0 Å². The fraction of sp³-hybridized carbons (Fsp3) is 1.00. The molecular weight excluding hydrogens is 194 g/mol. The molecule has 88 valence electrons. The second-order valence-corrected chi connectivity index (χ2v) is 4.48. The summed E-state index contributed by atoms with van der Waals surface area (Å²) in [6.45, 7) is 4.15. The first-order chi connectivity index (χ1) is 7.35. The van der Waals surface area contributed by atoms with Crippen molar-refractivity contribution in [2.45, 2.75) is 30.9 Å². The van der Waals surface area contributed by atoms with Crippen LogP contribution in [0.15, 0.2) is 0 Å².